The first kappa shape index (κ1) is 20.0. The second-order valence-electron chi connectivity index (χ2n) is 6.06. The molecule has 0 fully saturated rings. The number of nitrogens with one attached hydrogen (secondary N) is 2. The smallest absolute Gasteiger partial charge is 0.191 e. The van der Waals surface area contributed by atoms with Crippen molar-refractivity contribution >= 4 is 5.96 Å². The largest absolute Gasteiger partial charge is 0.382 e. The van der Waals surface area contributed by atoms with Gasteiger partial charge < -0.3 is 15.4 Å². The van der Waals surface area contributed by atoms with Gasteiger partial charge in [0.2, 0.25) is 0 Å². The van der Waals surface area contributed by atoms with Crippen LogP contribution in [0.2, 0.25) is 0 Å². The van der Waals surface area contributed by atoms with Crippen molar-refractivity contribution in [1.29, 1.82) is 0 Å². The molecule has 0 amide bonds. The van der Waals surface area contributed by atoms with E-state index in [-0.39, 0.29) is 0 Å². The Bertz CT molecular complexity index is 639. The molecule has 0 atom stereocenters. The summed E-state index contributed by atoms with van der Waals surface area (Å²) >= 11 is 0. The first-order chi connectivity index (χ1) is 12.8. The maximum atomic E-state index is 5.36. The summed E-state index contributed by atoms with van der Waals surface area (Å²) in [7, 11) is 0. The number of aliphatic imine (C=N–C) groups is 1. The third kappa shape index (κ3) is 7.70. The average Bonchev–Trinajstić information content (AvgIpc) is 3.10. The van der Waals surface area contributed by atoms with E-state index in [4.69, 9.17) is 4.74 Å². The van der Waals surface area contributed by atoms with Crippen LogP contribution in [0, 0.1) is 0 Å². The molecule has 2 N–H and O–H groups in total. The molecular formula is C20H31N5O. The van der Waals surface area contributed by atoms with Crippen LogP contribution in [0.15, 0.2) is 47.7 Å². The van der Waals surface area contributed by atoms with E-state index in [0.29, 0.717) is 6.54 Å². The van der Waals surface area contributed by atoms with Gasteiger partial charge in [-0.25, -0.2) is 4.99 Å². The van der Waals surface area contributed by atoms with Gasteiger partial charge in [0.1, 0.15) is 0 Å². The molecular weight excluding hydrogens is 326 g/mol. The summed E-state index contributed by atoms with van der Waals surface area (Å²) in [4.78, 5) is 4.65. The van der Waals surface area contributed by atoms with Crippen molar-refractivity contribution in [2.24, 2.45) is 4.99 Å². The SMILES string of the molecule is CCNC(=NCc1cnn(Cc2ccccc2)c1)NCCCCOCC. The molecule has 0 radical (unpaired) electrons. The molecule has 0 spiro atoms. The zero-order valence-corrected chi connectivity index (χ0v) is 15.9. The van der Waals surface area contributed by atoms with Crippen LogP contribution in [0.25, 0.3) is 0 Å². The summed E-state index contributed by atoms with van der Waals surface area (Å²) in [5.74, 6) is 0.847. The van der Waals surface area contributed by atoms with E-state index in [0.717, 1.165) is 57.2 Å². The fraction of sp³-hybridized carbons (Fsp3) is 0.500. The van der Waals surface area contributed by atoms with E-state index >= 15 is 0 Å². The lowest BCUT2D eigenvalue weighted by atomic mass is 10.2. The molecule has 0 saturated heterocycles. The zero-order valence-electron chi connectivity index (χ0n) is 15.9. The Kier molecular flexibility index (Phi) is 9.29. The van der Waals surface area contributed by atoms with Crippen molar-refractivity contribution in [2.75, 3.05) is 26.3 Å². The highest BCUT2D eigenvalue weighted by Gasteiger charge is 2.01. The zero-order chi connectivity index (χ0) is 18.5. The fourth-order valence-corrected chi connectivity index (χ4v) is 2.54. The molecule has 0 unspecified atom stereocenters. The maximum Gasteiger partial charge on any atom is 0.191 e. The lowest BCUT2D eigenvalue weighted by molar-refractivity contribution is 0.143. The van der Waals surface area contributed by atoms with E-state index in [9.17, 15) is 0 Å². The summed E-state index contributed by atoms with van der Waals surface area (Å²) < 4.78 is 7.31. The van der Waals surface area contributed by atoms with Crippen LogP contribution in [-0.2, 0) is 17.8 Å². The molecule has 1 aromatic carbocycles. The molecule has 6 nitrogen and oxygen atoms in total. The number of benzene rings is 1. The minimum Gasteiger partial charge on any atom is -0.382 e. The number of aromatic nitrogens is 2. The van der Waals surface area contributed by atoms with Gasteiger partial charge in [-0.2, -0.15) is 5.10 Å². The third-order valence-corrected chi connectivity index (χ3v) is 3.85. The van der Waals surface area contributed by atoms with Crippen LogP contribution in [0.4, 0.5) is 0 Å². The normalized spacial score (nSPS) is 11.5. The van der Waals surface area contributed by atoms with Gasteiger partial charge in [0.15, 0.2) is 5.96 Å². The van der Waals surface area contributed by atoms with Crippen LogP contribution < -0.4 is 10.6 Å². The number of rotatable bonds is 11. The lowest BCUT2D eigenvalue weighted by Crippen LogP contribution is -2.37. The molecule has 1 heterocycles. The predicted octanol–water partition coefficient (Wildman–Crippen LogP) is 2.80. The summed E-state index contributed by atoms with van der Waals surface area (Å²) in [6, 6.07) is 10.3. The third-order valence-electron chi connectivity index (χ3n) is 3.85. The highest BCUT2D eigenvalue weighted by atomic mass is 16.5. The van der Waals surface area contributed by atoms with Crippen molar-refractivity contribution in [1.82, 2.24) is 20.4 Å². The van der Waals surface area contributed by atoms with E-state index in [1.165, 1.54) is 5.56 Å². The lowest BCUT2D eigenvalue weighted by Gasteiger charge is -2.11. The van der Waals surface area contributed by atoms with E-state index in [1.807, 2.05) is 36.0 Å². The van der Waals surface area contributed by atoms with Gasteiger partial charge in [0, 0.05) is 38.1 Å². The Labute approximate surface area is 156 Å². The van der Waals surface area contributed by atoms with Crippen molar-refractivity contribution < 1.29 is 4.74 Å². The first-order valence-electron chi connectivity index (χ1n) is 9.47. The Balaban J connectivity index is 1.79. The van der Waals surface area contributed by atoms with Crippen molar-refractivity contribution in [3.05, 3.63) is 53.9 Å². The molecule has 142 valence electrons. The minimum atomic E-state index is 0.614. The highest BCUT2D eigenvalue weighted by molar-refractivity contribution is 5.79. The predicted molar refractivity (Wildman–Crippen MR) is 106 cm³/mol. The Morgan fingerprint density at radius 3 is 2.73 bits per heavy atom. The van der Waals surface area contributed by atoms with Crippen LogP contribution in [0.1, 0.15) is 37.8 Å². The monoisotopic (exact) mass is 357 g/mol. The van der Waals surface area contributed by atoms with Gasteiger partial charge in [0.25, 0.3) is 0 Å². The van der Waals surface area contributed by atoms with Gasteiger partial charge in [-0.05, 0) is 32.3 Å². The summed E-state index contributed by atoms with van der Waals surface area (Å²) in [6.07, 6.45) is 6.08. The standard InChI is InChI=1S/C20H31N5O/c1-3-21-20(22-12-8-9-13-26-4-2)23-14-19-15-24-25(17-19)16-18-10-6-5-7-11-18/h5-7,10-11,15,17H,3-4,8-9,12-14,16H2,1-2H3,(H2,21,22,23). The number of hydrogen-bond donors (Lipinski definition) is 2. The molecule has 0 saturated carbocycles. The maximum absolute atomic E-state index is 5.36. The first-order valence-corrected chi connectivity index (χ1v) is 9.47. The van der Waals surface area contributed by atoms with Crippen LogP contribution in [0.5, 0.6) is 0 Å². The van der Waals surface area contributed by atoms with Gasteiger partial charge in [0.05, 0.1) is 19.3 Å². The molecule has 2 aromatic rings. The minimum absolute atomic E-state index is 0.614. The number of ether oxygens (including phenoxy) is 1. The molecule has 0 aliphatic heterocycles. The molecule has 0 aliphatic carbocycles. The molecule has 6 heteroatoms. The van der Waals surface area contributed by atoms with Crippen LogP contribution in [-0.4, -0.2) is 42.0 Å². The Morgan fingerprint density at radius 1 is 1.12 bits per heavy atom. The van der Waals surface area contributed by atoms with Crippen molar-refractivity contribution in [3.8, 4) is 0 Å². The second kappa shape index (κ2) is 12.1. The Hall–Kier alpha value is -2.34. The van der Waals surface area contributed by atoms with E-state index in [1.54, 1.807) is 0 Å². The summed E-state index contributed by atoms with van der Waals surface area (Å²) in [6.45, 7) is 8.85. The van der Waals surface area contributed by atoms with E-state index < -0.39 is 0 Å². The molecule has 0 aliphatic rings. The van der Waals surface area contributed by atoms with Crippen molar-refractivity contribution in [2.45, 2.75) is 39.8 Å². The molecule has 1 aromatic heterocycles. The fourth-order valence-electron chi connectivity index (χ4n) is 2.54. The number of unbranched alkanes of at least 4 members (excludes halogenated alkanes) is 1. The van der Waals surface area contributed by atoms with Gasteiger partial charge in [-0.1, -0.05) is 30.3 Å². The molecule has 0 bridgehead atoms. The van der Waals surface area contributed by atoms with E-state index in [2.05, 4.69) is 46.0 Å². The van der Waals surface area contributed by atoms with Gasteiger partial charge >= 0.3 is 0 Å². The summed E-state index contributed by atoms with van der Waals surface area (Å²) in [5.41, 5.74) is 2.35. The number of nitrogens with zero attached hydrogens (tertiary/aromatic N) is 3. The highest BCUT2D eigenvalue weighted by Crippen LogP contribution is 2.05. The number of guanidine groups is 1. The Morgan fingerprint density at radius 2 is 1.96 bits per heavy atom. The van der Waals surface area contributed by atoms with Crippen LogP contribution in [0.3, 0.4) is 0 Å². The number of hydrogen-bond acceptors (Lipinski definition) is 3. The topological polar surface area (TPSA) is 63.5 Å². The van der Waals surface area contributed by atoms with Crippen LogP contribution >= 0.6 is 0 Å². The molecule has 26 heavy (non-hydrogen) atoms. The van der Waals surface area contributed by atoms with Crippen molar-refractivity contribution in [3.63, 3.8) is 0 Å². The quantitative estimate of drug-likeness (QED) is 0.369. The van der Waals surface area contributed by atoms with Gasteiger partial charge in [-0.3, -0.25) is 4.68 Å². The average molecular weight is 358 g/mol. The second-order valence-corrected chi connectivity index (χ2v) is 6.06. The summed E-state index contributed by atoms with van der Waals surface area (Å²) in [5, 5.41) is 11.1. The molecule has 2 rings (SSSR count). The van der Waals surface area contributed by atoms with Gasteiger partial charge in [-0.15, -0.1) is 0 Å².